The first-order chi connectivity index (χ1) is 8.13. The van der Waals surface area contributed by atoms with Gasteiger partial charge in [-0.05, 0) is 31.2 Å². The van der Waals surface area contributed by atoms with Crippen molar-refractivity contribution in [3.05, 3.63) is 16.6 Å². The molecule has 0 radical (unpaired) electrons. The highest BCUT2D eigenvalue weighted by Gasteiger charge is 2.15. The highest BCUT2D eigenvalue weighted by molar-refractivity contribution is 7.09. The summed E-state index contributed by atoms with van der Waals surface area (Å²) in [6, 6.07) is 0. The van der Waals surface area contributed by atoms with Crippen molar-refractivity contribution >= 4 is 17.1 Å². The van der Waals surface area contributed by atoms with Gasteiger partial charge in [0.25, 0.3) is 0 Å². The fourth-order valence-corrected chi connectivity index (χ4v) is 2.61. The maximum atomic E-state index is 11.8. The monoisotopic (exact) mass is 254 g/mol. The minimum atomic E-state index is 0.294. The normalized spacial score (nSPS) is 12.9. The highest BCUT2D eigenvalue weighted by atomic mass is 32.1. The number of hydrogen-bond donors (Lipinski definition) is 1. The van der Waals surface area contributed by atoms with Gasteiger partial charge >= 0.3 is 0 Å². The molecule has 0 fully saturated rings. The minimum Gasteiger partial charge on any atom is -0.330 e. The molecular formula is C13H22N2OS. The average molecular weight is 254 g/mol. The van der Waals surface area contributed by atoms with Gasteiger partial charge in [-0.3, -0.25) is 4.79 Å². The van der Waals surface area contributed by atoms with Crippen LogP contribution in [0.5, 0.6) is 0 Å². The Kier molecular flexibility index (Phi) is 6.37. The largest absolute Gasteiger partial charge is 0.330 e. The van der Waals surface area contributed by atoms with Crippen LogP contribution >= 0.6 is 11.3 Å². The number of rotatable bonds is 8. The third kappa shape index (κ3) is 5.41. The summed E-state index contributed by atoms with van der Waals surface area (Å²) >= 11 is 1.55. The van der Waals surface area contributed by atoms with Crippen LogP contribution in [0.2, 0.25) is 0 Å². The van der Waals surface area contributed by atoms with Gasteiger partial charge in [-0.15, -0.1) is 11.3 Å². The molecule has 0 spiro atoms. The van der Waals surface area contributed by atoms with E-state index >= 15 is 0 Å². The molecular weight excluding hydrogens is 232 g/mol. The third-order valence-electron chi connectivity index (χ3n) is 3.11. The highest BCUT2D eigenvalue weighted by Crippen LogP contribution is 2.21. The van der Waals surface area contributed by atoms with Crippen LogP contribution in [0.4, 0.5) is 0 Å². The lowest BCUT2D eigenvalue weighted by molar-refractivity contribution is -0.118. The van der Waals surface area contributed by atoms with Crippen molar-refractivity contribution in [1.82, 2.24) is 4.98 Å². The molecule has 0 aromatic carbocycles. The van der Waals surface area contributed by atoms with Gasteiger partial charge in [-0.1, -0.05) is 13.8 Å². The molecule has 3 nitrogen and oxygen atoms in total. The predicted molar refractivity (Wildman–Crippen MR) is 72.1 cm³/mol. The lowest BCUT2D eigenvalue weighted by atomic mass is 9.87. The molecule has 0 aliphatic rings. The second-order valence-electron chi connectivity index (χ2n) is 4.76. The van der Waals surface area contributed by atoms with Gasteiger partial charge in [-0.2, -0.15) is 0 Å². The summed E-state index contributed by atoms with van der Waals surface area (Å²) in [6.45, 7) is 5.11. The van der Waals surface area contributed by atoms with Crippen molar-refractivity contribution in [2.75, 3.05) is 6.54 Å². The number of nitrogens with zero attached hydrogens (tertiary/aromatic N) is 1. The standard InChI is InChI=1S/C13H22N2OS/c1-10(2)11(5-6-14)3-4-12(16)9-13-15-7-8-17-13/h7-8,10-11H,3-6,9,14H2,1-2H3. The fraction of sp³-hybridized carbons (Fsp3) is 0.692. The molecule has 0 bridgehead atoms. The first-order valence-electron chi connectivity index (χ1n) is 6.23. The van der Waals surface area contributed by atoms with Crippen LogP contribution in [0.15, 0.2) is 11.6 Å². The number of aromatic nitrogens is 1. The third-order valence-corrected chi connectivity index (χ3v) is 3.89. The predicted octanol–water partition coefficient (Wildman–Crippen LogP) is 2.66. The summed E-state index contributed by atoms with van der Waals surface area (Å²) in [7, 11) is 0. The van der Waals surface area contributed by atoms with E-state index in [4.69, 9.17) is 5.73 Å². The Hall–Kier alpha value is -0.740. The molecule has 1 aromatic heterocycles. The van der Waals surface area contributed by atoms with E-state index in [9.17, 15) is 4.79 Å². The van der Waals surface area contributed by atoms with Gasteiger partial charge in [0.1, 0.15) is 5.78 Å². The molecule has 1 unspecified atom stereocenters. The van der Waals surface area contributed by atoms with Crippen molar-refractivity contribution in [2.24, 2.45) is 17.6 Å². The quantitative estimate of drug-likeness (QED) is 0.776. The number of carbonyl (C=O) groups excluding carboxylic acids is 1. The first-order valence-corrected chi connectivity index (χ1v) is 7.11. The Morgan fingerprint density at radius 1 is 1.47 bits per heavy atom. The molecule has 0 saturated carbocycles. The maximum Gasteiger partial charge on any atom is 0.139 e. The summed E-state index contributed by atoms with van der Waals surface area (Å²) in [4.78, 5) is 15.9. The van der Waals surface area contributed by atoms with Crippen LogP contribution in [0.1, 0.15) is 38.1 Å². The first kappa shape index (κ1) is 14.3. The van der Waals surface area contributed by atoms with Crippen molar-refractivity contribution in [3.8, 4) is 0 Å². The molecule has 0 amide bonds. The molecule has 1 rings (SSSR count). The van der Waals surface area contributed by atoms with E-state index in [0.717, 1.165) is 17.8 Å². The summed E-state index contributed by atoms with van der Waals surface area (Å²) in [6.07, 6.45) is 4.87. The molecule has 2 N–H and O–H groups in total. The summed E-state index contributed by atoms with van der Waals surface area (Å²) in [5.41, 5.74) is 5.59. The average Bonchev–Trinajstić information content (AvgIpc) is 2.76. The van der Waals surface area contributed by atoms with Crippen molar-refractivity contribution in [1.29, 1.82) is 0 Å². The second-order valence-corrected chi connectivity index (χ2v) is 5.74. The topological polar surface area (TPSA) is 56.0 Å². The van der Waals surface area contributed by atoms with Crippen molar-refractivity contribution in [3.63, 3.8) is 0 Å². The lowest BCUT2D eigenvalue weighted by Gasteiger charge is -2.19. The van der Waals surface area contributed by atoms with E-state index < -0.39 is 0 Å². The van der Waals surface area contributed by atoms with Crippen LogP contribution in [0.25, 0.3) is 0 Å². The summed E-state index contributed by atoms with van der Waals surface area (Å²) < 4.78 is 0. The zero-order chi connectivity index (χ0) is 12.7. The van der Waals surface area contributed by atoms with Crippen LogP contribution in [0, 0.1) is 11.8 Å². The van der Waals surface area contributed by atoms with Crippen LogP contribution in [0.3, 0.4) is 0 Å². The van der Waals surface area contributed by atoms with Gasteiger partial charge < -0.3 is 5.73 Å². The van der Waals surface area contributed by atoms with E-state index in [1.54, 1.807) is 17.5 Å². The number of hydrogen-bond acceptors (Lipinski definition) is 4. The Morgan fingerprint density at radius 3 is 2.76 bits per heavy atom. The molecule has 0 aliphatic heterocycles. The number of thiazole rings is 1. The summed E-state index contributed by atoms with van der Waals surface area (Å²) in [5, 5.41) is 2.84. The molecule has 0 aliphatic carbocycles. The van der Waals surface area contributed by atoms with E-state index in [0.29, 0.717) is 37.0 Å². The zero-order valence-electron chi connectivity index (χ0n) is 10.7. The van der Waals surface area contributed by atoms with Crippen LogP contribution in [-0.4, -0.2) is 17.3 Å². The molecule has 4 heteroatoms. The van der Waals surface area contributed by atoms with Crippen molar-refractivity contribution < 1.29 is 4.79 Å². The van der Waals surface area contributed by atoms with E-state index in [2.05, 4.69) is 18.8 Å². The fourth-order valence-electron chi connectivity index (χ4n) is 1.97. The zero-order valence-corrected chi connectivity index (χ0v) is 11.5. The van der Waals surface area contributed by atoms with Gasteiger partial charge in [0.2, 0.25) is 0 Å². The van der Waals surface area contributed by atoms with Crippen LogP contribution < -0.4 is 5.73 Å². The minimum absolute atomic E-state index is 0.294. The second kappa shape index (κ2) is 7.56. The van der Waals surface area contributed by atoms with Gasteiger partial charge in [0.05, 0.1) is 11.4 Å². The number of nitrogens with two attached hydrogens (primary N) is 1. The van der Waals surface area contributed by atoms with Crippen LogP contribution in [-0.2, 0) is 11.2 Å². The Balaban J connectivity index is 2.31. The molecule has 1 atom stereocenters. The SMILES string of the molecule is CC(C)C(CCN)CCC(=O)Cc1nccs1. The number of carbonyl (C=O) groups is 1. The number of ketones is 1. The van der Waals surface area contributed by atoms with E-state index in [1.165, 1.54) is 0 Å². The van der Waals surface area contributed by atoms with E-state index in [-0.39, 0.29) is 0 Å². The Morgan fingerprint density at radius 2 is 2.24 bits per heavy atom. The van der Waals surface area contributed by atoms with Gasteiger partial charge in [-0.25, -0.2) is 4.98 Å². The smallest absolute Gasteiger partial charge is 0.139 e. The van der Waals surface area contributed by atoms with Gasteiger partial charge in [0, 0.05) is 18.0 Å². The van der Waals surface area contributed by atoms with E-state index in [1.807, 2.05) is 5.38 Å². The molecule has 1 aromatic rings. The maximum absolute atomic E-state index is 11.8. The molecule has 0 saturated heterocycles. The molecule has 96 valence electrons. The Labute approximate surface area is 107 Å². The molecule has 1 heterocycles. The summed E-state index contributed by atoms with van der Waals surface area (Å²) in [5.74, 6) is 1.47. The molecule has 17 heavy (non-hydrogen) atoms. The van der Waals surface area contributed by atoms with Gasteiger partial charge in [0.15, 0.2) is 0 Å². The van der Waals surface area contributed by atoms with Crippen molar-refractivity contribution in [2.45, 2.75) is 39.5 Å². The Bertz CT molecular complexity index is 322. The lowest BCUT2D eigenvalue weighted by Crippen LogP contribution is -2.16. The number of Topliss-reactive ketones (excluding diaryl/α,β-unsaturated/α-hetero) is 1.